The molecule has 3 unspecified atom stereocenters. The minimum Gasteiger partial charge on any atom is -0.351 e. The van der Waals surface area contributed by atoms with Crippen LogP contribution in [0.1, 0.15) is 67.2 Å². The fourth-order valence-corrected chi connectivity index (χ4v) is 6.19. The van der Waals surface area contributed by atoms with Crippen molar-refractivity contribution in [2.75, 3.05) is 39.3 Å². The third-order valence-corrected chi connectivity index (χ3v) is 8.87. The normalized spacial score (nSPS) is 19.8. The highest BCUT2D eigenvalue weighted by molar-refractivity contribution is 5.92. The Morgan fingerprint density at radius 1 is 0.933 bits per heavy atom. The largest absolute Gasteiger partial charge is 0.351 e. The van der Waals surface area contributed by atoms with Crippen LogP contribution < -0.4 is 10.6 Å². The summed E-state index contributed by atoms with van der Waals surface area (Å²) < 4.78 is 0. The number of aryl methyl sites for hydroxylation is 2. The second kappa shape index (κ2) is 18.3. The maximum Gasteiger partial charge on any atom is 0.244 e. The van der Waals surface area contributed by atoms with Crippen molar-refractivity contribution in [3.05, 3.63) is 113 Å². The second-order valence-corrected chi connectivity index (χ2v) is 12.6. The zero-order valence-electron chi connectivity index (χ0n) is 27.5. The van der Waals surface area contributed by atoms with Gasteiger partial charge in [-0.3, -0.25) is 9.59 Å². The molecule has 0 spiro atoms. The number of carbonyl (C=O) groups excluding carboxylic acids is 2. The molecule has 0 aliphatic carbocycles. The van der Waals surface area contributed by atoms with Crippen molar-refractivity contribution in [3.8, 4) is 0 Å². The number of hydrogen-bond donors (Lipinski definition) is 2. The lowest BCUT2D eigenvalue weighted by Crippen LogP contribution is -2.50. The summed E-state index contributed by atoms with van der Waals surface area (Å²) >= 11 is 0. The Hall–Kier alpha value is -3.74. The van der Waals surface area contributed by atoms with E-state index in [4.69, 9.17) is 0 Å². The monoisotopic (exact) mass is 608 g/mol. The topological polar surface area (TPSA) is 64.7 Å². The molecule has 2 N–H and O–H groups in total. The van der Waals surface area contributed by atoms with Gasteiger partial charge in [0.25, 0.3) is 0 Å². The molecule has 0 radical (unpaired) electrons. The zero-order chi connectivity index (χ0) is 31.9. The Kier molecular flexibility index (Phi) is 13.9. The van der Waals surface area contributed by atoms with Crippen LogP contribution in [-0.4, -0.2) is 73.0 Å². The molecule has 45 heavy (non-hydrogen) atoms. The molecule has 2 amide bonds. The summed E-state index contributed by atoms with van der Waals surface area (Å²) in [5.74, 6) is 0.356. The summed E-state index contributed by atoms with van der Waals surface area (Å²) in [6.45, 7) is 11.4. The van der Waals surface area contributed by atoms with E-state index in [-0.39, 0.29) is 29.8 Å². The molecular weight excluding hydrogens is 556 g/mol. The van der Waals surface area contributed by atoms with E-state index in [2.05, 4.69) is 72.7 Å². The number of carbonyl (C=O) groups is 2. The van der Waals surface area contributed by atoms with E-state index in [1.54, 1.807) is 6.08 Å². The lowest BCUT2D eigenvalue weighted by atomic mass is 10.00. The van der Waals surface area contributed by atoms with Crippen LogP contribution in [0.3, 0.4) is 0 Å². The van der Waals surface area contributed by atoms with Crippen LogP contribution in [0.4, 0.5) is 0 Å². The van der Waals surface area contributed by atoms with Crippen LogP contribution in [0.25, 0.3) is 6.08 Å². The predicted molar refractivity (Wildman–Crippen MR) is 186 cm³/mol. The van der Waals surface area contributed by atoms with Crippen LogP contribution in [0.2, 0.25) is 0 Å². The molecule has 2 aliphatic rings. The van der Waals surface area contributed by atoms with Gasteiger partial charge in [-0.1, -0.05) is 104 Å². The van der Waals surface area contributed by atoms with Gasteiger partial charge in [0.2, 0.25) is 11.8 Å². The smallest absolute Gasteiger partial charge is 0.244 e. The van der Waals surface area contributed by atoms with Crippen LogP contribution >= 0.6 is 0 Å². The number of nitrogens with zero attached hydrogens (tertiary/aromatic N) is 2. The molecule has 3 aromatic rings. The molecule has 0 saturated carbocycles. The zero-order valence-corrected chi connectivity index (χ0v) is 27.5. The fraction of sp³-hybridized carbons (Fsp3) is 0.436. The first-order chi connectivity index (χ1) is 21.9. The number of rotatable bonds is 10. The van der Waals surface area contributed by atoms with Crippen molar-refractivity contribution in [2.24, 2.45) is 0 Å². The van der Waals surface area contributed by atoms with Crippen LogP contribution in [0, 0.1) is 13.8 Å². The minimum absolute atomic E-state index is 0.0517. The summed E-state index contributed by atoms with van der Waals surface area (Å²) in [7, 11) is 0. The van der Waals surface area contributed by atoms with Gasteiger partial charge in [0.15, 0.2) is 0 Å². The van der Waals surface area contributed by atoms with E-state index in [1.807, 2.05) is 59.5 Å². The summed E-state index contributed by atoms with van der Waals surface area (Å²) in [6.07, 6.45) is 8.90. The van der Waals surface area contributed by atoms with Crippen molar-refractivity contribution in [3.63, 3.8) is 0 Å². The molecule has 2 heterocycles. The van der Waals surface area contributed by atoms with Gasteiger partial charge in [0, 0.05) is 38.3 Å². The lowest BCUT2D eigenvalue weighted by molar-refractivity contribution is -0.133. The standard InChI is InChI=1S/C33H46N4O2.C6H6/c1-25-12-13-29(26(2)22-25)14-15-32(38)34-23-30-16-21-37(24-27(3)28-10-6-4-7-11-28)33(39)31(35-30)17-20-36-18-8-5-9-19-36;1-2-4-6-5-3-1/h4,6-7,10-15,22,27,30-31,35H,5,8-9,16-21,23-24H2,1-3H3,(H,34,38);1-6H/b15-14+;. The number of hydrogen-bond acceptors (Lipinski definition) is 4. The summed E-state index contributed by atoms with van der Waals surface area (Å²) in [5.41, 5.74) is 4.68. The van der Waals surface area contributed by atoms with Gasteiger partial charge < -0.3 is 20.4 Å². The van der Waals surface area contributed by atoms with Gasteiger partial charge in [-0.15, -0.1) is 0 Å². The molecule has 3 atom stereocenters. The van der Waals surface area contributed by atoms with E-state index >= 15 is 0 Å². The molecule has 6 heteroatoms. The number of amides is 2. The van der Waals surface area contributed by atoms with Crippen molar-refractivity contribution >= 4 is 17.9 Å². The second-order valence-electron chi connectivity index (χ2n) is 12.6. The summed E-state index contributed by atoms with van der Waals surface area (Å²) in [5, 5.41) is 6.71. The van der Waals surface area contributed by atoms with Gasteiger partial charge >= 0.3 is 0 Å². The third-order valence-electron chi connectivity index (χ3n) is 8.87. The van der Waals surface area contributed by atoms with Gasteiger partial charge in [-0.2, -0.15) is 0 Å². The first kappa shape index (κ1) is 34.1. The lowest BCUT2D eigenvalue weighted by Gasteiger charge is -2.30. The molecule has 2 fully saturated rings. The van der Waals surface area contributed by atoms with E-state index in [9.17, 15) is 9.59 Å². The fourth-order valence-electron chi connectivity index (χ4n) is 6.19. The maximum atomic E-state index is 13.7. The molecule has 240 valence electrons. The predicted octanol–water partition coefficient (Wildman–Crippen LogP) is 6.36. The Morgan fingerprint density at radius 2 is 1.60 bits per heavy atom. The molecule has 2 saturated heterocycles. The number of likely N-dealkylation sites (tertiary alicyclic amines) is 1. The van der Waals surface area contributed by atoms with Crippen molar-refractivity contribution < 1.29 is 9.59 Å². The molecular formula is C39H52N4O2. The quantitative estimate of drug-likeness (QED) is 0.263. The molecule has 6 nitrogen and oxygen atoms in total. The Balaban J connectivity index is 0.000000687. The maximum absolute atomic E-state index is 13.7. The Morgan fingerprint density at radius 3 is 2.27 bits per heavy atom. The third kappa shape index (κ3) is 11.6. The summed E-state index contributed by atoms with van der Waals surface area (Å²) in [6, 6.07) is 28.5. The van der Waals surface area contributed by atoms with Crippen molar-refractivity contribution in [1.29, 1.82) is 0 Å². The number of benzene rings is 3. The molecule has 0 aromatic heterocycles. The van der Waals surface area contributed by atoms with Gasteiger partial charge in [-0.25, -0.2) is 0 Å². The van der Waals surface area contributed by atoms with Crippen molar-refractivity contribution in [1.82, 2.24) is 20.4 Å². The highest BCUT2D eigenvalue weighted by Crippen LogP contribution is 2.20. The van der Waals surface area contributed by atoms with E-state index in [0.29, 0.717) is 19.6 Å². The van der Waals surface area contributed by atoms with Gasteiger partial charge in [-0.05, 0) is 81.3 Å². The molecule has 3 aromatic carbocycles. The van der Waals surface area contributed by atoms with Crippen molar-refractivity contribution in [2.45, 2.75) is 70.9 Å². The highest BCUT2D eigenvalue weighted by Gasteiger charge is 2.32. The SMILES string of the molecule is Cc1ccc(/C=C/C(=O)NCC2CCN(CC(C)c3ccccc3)C(=O)C(CCN3CCCCC3)N2)c(C)c1.c1ccccc1. The molecule has 0 bridgehead atoms. The average Bonchev–Trinajstić information content (AvgIpc) is 3.22. The van der Waals surface area contributed by atoms with E-state index in [0.717, 1.165) is 43.6 Å². The number of nitrogens with one attached hydrogen (secondary N) is 2. The Labute approximate surface area is 270 Å². The average molecular weight is 609 g/mol. The minimum atomic E-state index is -0.231. The van der Waals surface area contributed by atoms with Gasteiger partial charge in [0.05, 0.1) is 6.04 Å². The first-order valence-electron chi connectivity index (χ1n) is 16.7. The van der Waals surface area contributed by atoms with Crippen LogP contribution in [0.15, 0.2) is 91.0 Å². The number of piperidine rings is 1. The Bertz CT molecular complexity index is 1310. The van der Waals surface area contributed by atoms with Gasteiger partial charge in [0.1, 0.15) is 0 Å². The summed E-state index contributed by atoms with van der Waals surface area (Å²) in [4.78, 5) is 30.9. The van der Waals surface area contributed by atoms with Crippen LogP contribution in [0.5, 0.6) is 0 Å². The highest BCUT2D eigenvalue weighted by atomic mass is 16.2. The van der Waals surface area contributed by atoms with E-state index < -0.39 is 0 Å². The molecule has 2 aliphatic heterocycles. The van der Waals surface area contributed by atoms with E-state index in [1.165, 1.54) is 30.4 Å². The first-order valence-corrected chi connectivity index (χ1v) is 16.7. The van der Waals surface area contributed by atoms with Crippen LogP contribution in [-0.2, 0) is 9.59 Å². The molecule has 5 rings (SSSR count).